The predicted octanol–water partition coefficient (Wildman–Crippen LogP) is 6.83. The Morgan fingerprint density at radius 2 is 1.43 bits per heavy atom. The number of allylic oxidation sites excluding steroid dienone is 1. The first-order valence-corrected chi connectivity index (χ1v) is 9.97. The van der Waals surface area contributed by atoms with E-state index in [1.165, 1.54) is 51.4 Å². The van der Waals surface area contributed by atoms with Gasteiger partial charge in [0.2, 0.25) is 0 Å². The number of rotatable bonds is 14. The fourth-order valence-corrected chi connectivity index (χ4v) is 2.58. The lowest BCUT2D eigenvalue weighted by Gasteiger charge is -2.17. The van der Waals surface area contributed by atoms with Crippen molar-refractivity contribution in [2.45, 2.75) is 111 Å². The van der Waals surface area contributed by atoms with E-state index in [1.54, 1.807) is 0 Å². The zero-order valence-electron chi connectivity index (χ0n) is 16.3. The normalized spacial score (nSPS) is 14.6. The van der Waals surface area contributed by atoms with E-state index in [0.717, 1.165) is 24.8 Å². The molecule has 0 bridgehead atoms. The summed E-state index contributed by atoms with van der Waals surface area (Å²) < 4.78 is 5.51. The van der Waals surface area contributed by atoms with Gasteiger partial charge in [0.15, 0.2) is 0 Å². The Morgan fingerprint density at radius 3 is 1.96 bits per heavy atom. The van der Waals surface area contributed by atoms with Gasteiger partial charge in [0.25, 0.3) is 0 Å². The molecule has 23 heavy (non-hydrogen) atoms. The molecule has 2 unspecified atom stereocenters. The first kappa shape index (κ1) is 22.2. The molecular weight excluding hydrogens is 284 g/mol. The molecule has 2 nitrogen and oxygen atoms in total. The number of unbranched alkanes of at least 4 members (excludes halogenated alkanes) is 8. The minimum atomic E-state index is -0.103. The van der Waals surface area contributed by atoms with E-state index >= 15 is 0 Å². The highest BCUT2D eigenvalue weighted by Crippen LogP contribution is 2.19. The number of carbonyl (C=O) groups excluding carboxylic acids is 1. The summed E-state index contributed by atoms with van der Waals surface area (Å²) in [4.78, 5) is 12.3. The van der Waals surface area contributed by atoms with E-state index < -0.39 is 0 Å². The van der Waals surface area contributed by atoms with Crippen LogP contribution in [-0.4, -0.2) is 12.1 Å². The lowest BCUT2D eigenvalue weighted by molar-refractivity contribution is -0.144. The quantitative estimate of drug-likeness (QED) is 0.199. The minimum absolute atomic E-state index is 0.0121. The molecule has 0 radical (unpaired) electrons. The molecule has 0 amide bonds. The second-order valence-electron chi connectivity index (χ2n) is 6.86. The first-order chi connectivity index (χ1) is 11.1. The molecule has 0 aliphatic rings. The molecule has 2 atom stereocenters. The number of ether oxygens (including phenoxy) is 1. The SMILES string of the molecule is CCCCCCCCCC/C=C(\C(=O)OC(C)CC)C(C)CC. The Bertz CT molecular complexity index is 320. The lowest BCUT2D eigenvalue weighted by Crippen LogP contribution is -2.19. The van der Waals surface area contributed by atoms with Crippen molar-refractivity contribution >= 4 is 5.97 Å². The number of hydrogen-bond acceptors (Lipinski definition) is 2. The zero-order valence-corrected chi connectivity index (χ0v) is 16.3. The Labute approximate surface area is 145 Å². The van der Waals surface area contributed by atoms with Gasteiger partial charge in [0.1, 0.15) is 0 Å². The first-order valence-electron chi connectivity index (χ1n) is 9.97. The monoisotopic (exact) mass is 324 g/mol. The van der Waals surface area contributed by atoms with Gasteiger partial charge in [-0.2, -0.15) is 0 Å². The van der Waals surface area contributed by atoms with Crippen molar-refractivity contribution in [1.29, 1.82) is 0 Å². The fourth-order valence-electron chi connectivity index (χ4n) is 2.58. The maximum absolute atomic E-state index is 12.3. The predicted molar refractivity (Wildman–Crippen MR) is 101 cm³/mol. The molecule has 2 heteroatoms. The molecule has 0 aromatic rings. The van der Waals surface area contributed by atoms with Crippen LogP contribution in [-0.2, 0) is 9.53 Å². The van der Waals surface area contributed by atoms with Crippen LogP contribution in [0.25, 0.3) is 0 Å². The molecular formula is C21H40O2. The van der Waals surface area contributed by atoms with Crippen LogP contribution in [0.1, 0.15) is 105 Å². The molecule has 0 aliphatic carbocycles. The van der Waals surface area contributed by atoms with Crippen molar-refractivity contribution in [3.63, 3.8) is 0 Å². The summed E-state index contributed by atoms with van der Waals surface area (Å²) in [6, 6.07) is 0. The van der Waals surface area contributed by atoms with Gasteiger partial charge in [-0.15, -0.1) is 0 Å². The van der Waals surface area contributed by atoms with E-state index in [1.807, 2.05) is 13.8 Å². The summed E-state index contributed by atoms with van der Waals surface area (Å²) in [5.41, 5.74) is 0.885. The lowest BCUT2D eigenvalue weighted by atomic mass is 9.96. The molecule has 0 aromatic heterocycles. The Morgan fingerprint density at radius 1 is 0.870 bits per heavy atom. The van der Waals surface area contributed by atoms with Crippen LogP contribution in [0, 0.1) is 5.92 Å². The van der Waals surface area contributed by atoms with Crippen LogP contribution in [0.15, 0.2) is 11.6 Å². The molecule has 0 rings (SSSR count). The third kappa shape index (κ3) is 11.4. The molecule has 0 aliphatic heterocycles. The highest BCUT2D eigenvalue weighted by molar-refractivity contribution is 5.89. The van der Waals surface area contributed by atoms with Crippen LogP contribution >= 0.6 is 0 Å². The highest BCUT2D eigenvalue weighted by atomic mass is 16.5. The molecule has 0 aromatic carbocycles. The van der Waals surface area contributed by atoms with Crippen molar-refractivity contribution in [1.82, 2.24) is 0 Å². The minimum Gasteiger partial charge on any atom is -0.459 e. The van der Waals surface area contributed by atoms with Gasteiger partial charge in [-0.05, 0) is 38.5 Å². The van der Waals surface area contributed by atoms with Gasteiger partial charge in [-0.1, -0.05) is 78.7 Å². The molecule has 0 heterocycles. The summed E-state index contributed by atoms with van der Waals surface area (Å²) >= 11 is 0. The van der Waals surface area contributed by atoms with Crippen molar-refractivity contribution < 1.29 is 9.53 Å². The summed E-state index contributed by atoms with van der Waals surface area (Å²) in [6.45, 7) is 10.5. The molecule has 0 saturated carbocycles. The van der Waals surface area contributed by atoms with E-state index in [9.17, 15) is 4.79 Å². The average Bonchev–Trinajstić information content (AvgIpc) is 2.55. The molecule has 136 valence electrons. The molecule has 0 spiro atoms. The van der Waals surface area contributed by atoms with Crippen LogP contribution in [0.5, 0.6) is 0 Å². The smallest absolute Gasteiger partial charge is 0.334 e. The standard InChI is InChI=1S/C21H40O2/c1-6-9-10-11-12-13-14-15-16-17-20(18(4)7-2)21(22)23-19(5)8-3/h17-19H,6-16H2,1-5H3/b20-17-. The van der Waals surface area contributed by atoms with Crippen molar-refractivity contribution in [2.24, 2.45) is 5.92 Å². The Kier molecular flexibility index (Phi) is 14.3. The van der Waals surface area contributed by atoms with Crippen LogP contribution in [0.2, 0.25) is 0 Å². The summed E-state index contributed by atoms with van der Waals surface area (Å²) in [5.74, 6) is 0.189. The van der Waals surface area contributed by atoms with Crippen LogP contribution in [0.4, 0.5) is 0 Å². The van der Waals surface area contributed by atoms with E-state index in [2.05, 4.69) is 26.8 Å². The maximum atomic E-state index is 12.3. The third-order valence-corrected chi connectivity index (χ3v) is 4.68. The van der Waals surface area contributed by atoms with Crippen molar-refractivity contribution in [2.75, 3.05) is 0 Å². The second kappa shape index (κ2) is 14.8. The summed E-state index contributed by atoms with van der Waals surface area (Å²) in [6.07, 6.45) is 15.6. The van der Waals surface area contributed by atoms with E-state index in [-0.39, 0.29) is 12.1 Å². The van der Waals surface area contributed by atoms with Crippen LogP contribution < -0.4 is 0 Å². The van der Waals surface area contributed by atoms with E-state index in [4.69, 9.17) is 4.74 Å². The van der Waals surface area contributed by atoms with Gasteiger partial charge in [0.05, 0.1) is 6.10 Å². The third-order valence-electron chi connectivity index (χ3n) is 4.68. The summed E-state index contributed by atoms with van der Waals surface area (Å²) in [7, 11) is 0. The van der Waals surface area contributed by atoms with Gasteiger partial charge in [0, 0.05) is 5.57 Å². The number of carbonyl (C=O) groups is 1. The zero-order chi connectivity index (χ0) is 17.5. The summed E-state index contributed by atoms with van der Waals surface area (Å²) in [5, 5.41) is 0. The Hall–Kier alpha value is -0.790. The molecule has 0 saturated heterocycles. The largest absolute Gasteiger partial charge is 0.459 e. The Balaban J connectivity index is 4.11. The van der Waals surface area contributed by atoms with Gasteiger partial charge in [-0.3, -0.25) is 0 Å². The van der Waals surface area contributed by atoms with Crippen molar-refractivity contribution in [3.8, 4) is 0 Å². The van der Waals surface area contributed by atoms with Crippen LogP contribution in [0.3, 0.4) is 0 Å². The average molecular weight is 325 g/mol. The van der Waals surface area contributed by atoms with Gasteiger partial charge >= 0.3 is 5.97 Å². The van der Waals surface area contributed by atoms with Gasteiger partial charge < -0.3 is 4.74 Å². The van der Waals surface area contributed by atoms with Gasteiger partial charge in [-0.25, -0.2) is 4.79 Å². The highest BCUT2D eigenvalue weighted by Gasteiger charge is 2.18. The van der Waals surface area contributed by atoms with Crippen molar-refractivity contribution in [3.05, 3.63) is 11.6 Å². The molecule has 0 fully saturated rings. The maximum Gasteiger partial charge on any atom is 0.334 e. The fraction of sp³-hybridized carbons (Fsp3) is 0.857. The topological polar surface area (TPSA) is 26.3 Å². The number of esters is 1. The molecule has 0 N–H and O–H groups in total. The second-order valence-corrected chi connectivity index (χ2v) is 6.86. The number of hydrogen-bond donors (Lipinski definition) is 0. The van der Waals surface area contributed by atoms with E-state index in [0.29, 0.717) is 5.92 Å².